The molecule has 0 unspecified atom stereocenters. The molecule has 0 radical (unpaired) electrons. The van der Waals surface area contributed by atoms with Crippen molar-refractivity contribution in [2.75, 3.05) is 5.33 Å². The highest BCUT2D eigenvalue weighted by atomic mass is 79.9. The first-order valence-corrected chi connectivity index (χ1v) is 8.56. The van der Waals surface area contributed by atoms with Crippen molar-refractivity contribution in [2.24, 2.45) is 11.3 Å². The SMILES string of the molecule is C=C1CC[C@H](Br)C(C)(C)[C@@H]1C/C=C(/C)[C@@H](O)CBr. The summed E-state index contributed by atoms with van der Waals surface area (Å²) in [6, 6.07) is 0. The van der Waals surface area contributed by atoms with E-state index in [1.807, 2.05) is 6.92 Å². The van der Waals surface area contributed by atoms with E-state index in [4.69, 9.17) is 0 Å². The van der Waals surface area contributed by atoms with E-state index in [0.29, 0.717) is 16.1 Å². The first-order chi connectivity index (χ1) is 8.30. The summed E-state index contributed by atoms with van der Waals surface area (Å²) < 4.78 is 0. The van der Waals surface area contributed by atoms with Crippen LogP contribution in [0, 0.1) is 11.3 Å². The first kappa shape index (κ1) is 16.5. The van der Waals surface area contributed by atoms with Crippen molar-refractivity contribution < 1.29 is 5.11 Å². The van der Waals surface area contributed by atoms with Gasteiger partial charge in [-0.2, -0.15) is 0 Å². The van der Waals surface area contributed by atoms with E-state index in [2.05, 4.69) is 58.4 Å². The Balaban J connectivity index is 2.78. The van der Waals surface area contributed by atoms with Gasteiger partial charge in [0.05, 0.1) is 6.10 Å². The summed E-state index contributed by atoms with van der Waals surface area (Å²) in [4.78, 5) is 0.551. The van der Waals surface area contributed by atoms with E-state index in [1.165, 1.54) is 12.0 Å². The van der Waals surface area contributed by atoms with Crippen LogP contribution in [0.5, 0.6) is 0 Å². The van der Waals surface area contributed by atoms with Crippen LogP contribution in [0.25, 0.3) is 0 Å². The van der Waals surface area contributed by atoms with Gasteiger partial charge in [0.2, 0.25) is 0 Å². The molecule has 0 heterocycles. The number of hydrogen-bond acceptors (Lipinski definition) is 1. The van der Waals surface area contributed by atoms with Crippen LogP contribution in [-0.4, -0.2) is 21.4 Å². The van der Waals surface area contributed by atoms with Gasteiger partial charge in [0.25, 0.3) is 0 Å². The van der Waals surface area contributed by atoms with Crippen LogP contribution >= 0.6 is 31.9 Å². The minimum Gasteiger partial charge on any atom is -0.388 e. The summed E-state index contributed by atoms with van der Waals surface area (Å²) in [5, 5.41) is 10.4. The second kappa shape index (κ2) is 6.71. The van der Waals surface area contributed by atoms with Gasteiger partial charge in [-0.1, -0.05) is 63.9 Å². The third kappa shape index (κ3) is 3.71. The Morgan fingerprint density at radius 2 is 2.22 bits per heavy atom. The molecule has 3 heteroatoms. The Bertz CT molecular complexity index is 333. The van der Waals surface area contributed by atoms with Gasteiger partial charge < -0.3 is 5.11 Å². The monoisotopic (exact) mass is 378 g/mol. The van der Waals surface area contributed by atoms with Crippen LogP contribution in [0.1, 0.15) is 40.0 Å². The molecule has 1 aliphatic rings. The van der Waals surface area contributed by atoms with Gasteiger partial charge in [-0.15, -0.1) is 0 Å². The normalized spacial score (nSPS) is 30.3. The smallest absolute Gasteiger partial charge is 0.0844 e. The molecule has 1 saturated carbocycles. The number of aliphatic hydroxyl groups excluding tert-OH is 1. The number of halogens is 2. The van der Waals surface area contributed by atoms with Gasteiger partial charge in [-0.25, -0.2) is 0 Å². The van der Waals surface area contributed by atoms with Gasteiger partial charge in [0.1, 0.15) is 0 Å². The lowest BCUT2D eigenvalue weighted by molar-refractivity contribution is 0.203. The van der Waals surface area contributed by atoms with Crippen molar-refractivity contribution in [1.29, 1.82) is 0 Å². The van der Waals surface area contributed by atoms with E-state index in [1.54, 1.807) is 0 Å². The topological polar surface area (TPSA) is 20.2 Å². The molecule has 1 rings (SSSR count). The van der Waals surface area contributed by atoms with E-state index in [0.717, 1.165) is 18.4 Å². The molecular weight excluding hydrogens is 356 g/mol. The Labute approximate surface area is 128 Å². The van der Waals surface area contributed by atoms with Gasteiger partial charge >= 0.3 is 0 Å². The van der Waals surface area contributed by atoms with E-state index >= 15 is 0 Å². The predicted molar refractivity (Wildman–Crippen MR) is 86.5 cm³/mol. The van der Waals surface area contributed by atoms with Crippen LogP contribution in [0.15, 0.2) is 23.8 Å². The highest BCUT2D eigenvalue weighted by Gasteiger charge is 2.40. The summed E-state index contributed by atoms with van der Waals surface area (Å²) in [5.74, 6) is 0.494. The van der Waals surface area contributed by atoms with Gasteiger partial charge in [0.15, 0.2) is 0 Å². The highest BCUT2D eigenvalue weighted by molar-refractivity contribution is 9.09. The van der Waals surface area contributed by atoms with Gasteiger partial charge in [-0.3, -0.25) is 0 Å². The maximum Gasteiger partial charge on any atom is 0.0844 e. The molecule has 0 aromatic heterocycles. The zero-order chi connectivity index (χ0) is 13.9. The van der Waals surface area contributed by atoms with Crippen molar-refractivity contribution in [3.8, 4) is 0 Å². The minimum absolute atomic E-state index is 0.228. The summed E-state index contributed by atoms with van der Waals surface area (Å²) in [6.07, 6.45) is 5.07. The van der Waals surface area contributed by atoms with E-state index in [9.17, 15) is 5.11 Å². The third-order valence-electron chi connectivity index (χ3n) is 4.26. The summed E-state index contributed by atoms with van der Waals surface area (Å²) in [6.45, 7) is 10.9. The third-order valence-corrected chi connectivity index (χ3v) is 6.52. The fourth-order valence-electron chi connectivity index (χ4n) is 2.63. The maximum atomic E-state index is 9.76. The van der Waals surface area contributed by atoms with Crippen LogP contribution in [-0.2, 0) is 0 Å². The maximum absolute atomic E-state index is 9.76. The average Bonchev–Trinajstić information content (AvgIpc) is 2.32. The predicted octanol–water partition coefficient (Wildman–Crippen LogP) is 4.83. The lowest BCUT2D eigenvalue weighted by Crippen LogP contribution is -2.38. The summed E-state index contributed by atoms with van der Waals surface area (Å²) in [7, 11) is 0. The molecule has 0 amide bonds. The molecule has 18 heavy (non-hydrogen) atoms. The molecule has 3 atom stereocenters. The lowest BCUT2D eigenvalue weighted by atomic mass is 9.65. The van der Waals surface area contributed by atoms with Gasteiger partial charge in [0, 0.05) is 10.2 Å². The zero-order valence-electron chi connectivity index (χ0n) is 11.5. The first-order valence-electron chi connectivity index (χ1n) is 6.53. The highest BCUT2D eigenvalue weighted by Crippen LogP contribution is 2.48. The molecule has 0 aromatic carbocycles. The Morgan fingerprint density at radius 1 is 1.61 bits per heavy atom. The van der Waals surface area contributed by atoms with Crippen LogP contribution < -0.4 is 0 Å². The molecule has 1 aliphatic carbocycles. The van der Waals surface area contributed by atoms with Crippen molar-refractivity contribution in [2.45, 2.75) is 51.0 Å². The zero-order valence-corrected chi connectivity index (χ0v) is 14.7. The van der Waals surface area contributed by atoms with Crippen LogP contribution in [0.4, 0.5) is 0 Å². The van der Waals surface area contributed by atoms with E-state index < -0.39 is 0 Å². The molecule has 0 spiro atoms. The van der Waals surface area contributed by atoms with Crippen molar-refractivity contribution in [1.82, 2.24) is 0 Å². The Hall–Kier alpha value is 0.400. The number of allylic oxidation sites excluding steroid dienone is 2. The Morgan fingerprint density at radius 3 is 2.78 bits per heavy atom. The molecule has 1 N–H and O–H groups in total. The largest absolute Gasteiger partial charge is 0.388 e. The van der Waals surface area contributed by atoms with Gasteiger partial charge in [-0.05, 0) is 43.1 Å². The molecular formula is C15H24Br2O. The molecule has 1 fully saturated rings. The molecule has 1 nitrogen and oxygen atoms in total. The minimum atomic E-state index is -0.371. The second-order valence-electron chi connectivity index (χ2n) is 5.89. The van der Waals surface area contributed by atoms with Crippen LogP contribution in [0.3, 0.4) is 0 Å². The molecule has 0 aliphatic heterocycles. The summed E-state index contributed by atoms with van der Waals surface area (Å²) in [5.41, 5.74) is 2.63. The molecule has 104 valence electrons. The number of aliphatic hydroxyl groups is 1. The average molecular weight is 380 g/mol. The fraction of sp³-hybridized carbons (Fsp3) is 0.733. The molecule has 0 bridgehead atoms. The standard InChI is InChI=1S/C15H24Br2O/c1-10-6-8-14(17)15(3,4)12(10)7-5-11(2)13(18)9-16/h5,12-14,18H,1,6-9H2,2-4H3/b11-5-/t12-,13+,14+/m1/s1. The van der Waals surface area contributed by atoms with Crippen molar-refractivity contribution in [3.05, 3.63) is 23.8 Å². The quantitative estimate of drug-likeness (QED) is 0.547. The number of hydrogen-bond donors (Lipinski definition) is 1. The molecule has 0 aromatic rings. The molecule has 0 saturated heterocycles. The van der Waals surface area contributed by atoms with E-state index in [-0.39, 0.29) is 11.5 Å². The fourth-order valence-corrected chi connectivity index (χ4v) is 3.69. The van der Waals surface area contributed by atoms with Crippen molar-refractivity contribution in [3.63, 3.8) is 0 Å². The number of rotatable bonds is 4. The summed E-state index contributed by atoms with van der Waals surface area (Å²) >= 11 is 7.12. The lowest BCUT2D eigenvalue weighted by Gasteiger charge is -2.44. The number of alkyl halides is 2. The Kier molecular flexibility index (Phi) is 6.14. The van der Waals surface area contributed by atoms with Crippen LogP contribution in [0.2, 0.25) is 0 Å². The second-order valence-corrected chi connectivity index (χ2v) is 7.65. The van der Waals surface area contributed by atoms with Crippen molar-refractivity contribution >= 4 is 31.9 Å².